The maximum Gasteiger partial charge on any atom is 0.226 e. The van der Waals surface area contributed by atoms with Gasteiger partial charge in [0.1, 0.15) is 5.76 Å². The fourth-order valence-corrected chi connectivity index (χ4v) is 3.46. The van der Waals surface area contributed by atoms with Crippen molar-refractivity contribution in [3.8, 4) is 11.5 Å². The maximum atomic E-state index is 6.02. The number of aryl methyl sites for hydroxylation is 1. The molecule has 1 saturated heterocycles. The van der Waals surface area contributed by atoms with Gasteiger partial charge < -0.3 is 4.42 Å². The summed E-state index contributed by atoms with van der Waals surface area (Å²) < 4.78 is 5.80. The molecule has 0 spiro atoms. The van der Waals surface area contributed by atoms with Crippen LogP contribution in [-0.2, 0) is 6.54 Å². The molecule has 0 amide bonds. The lowest BCUT2D eigenvalue weighted by molar-refractivity contribution is 0.289. The Bertz CT molecular complexity index is 593. The Balaban J connectivity index is 1.80. The molecule has 20 heavy (non-hydrogen) atoms. The summed E-state index contributed by atoms with van der Waals surface area (Å²) >= 11 is 8.03. The molecule has 2 aromatic rings. The van der Waals surface area contributed by atoms with Crippen LogP contribution in [0.5, 0.6) is 0 Å². The Morgan fingerprint density at radius 2 is 2.15 bits per heavy atom. The second kappa shape index (κ2) is 6.20. The van der Waals surface area contributed by atoms with Crippen LogP contribution in [0.25, 0.3) is 11.5 Å². The van der Waals surface area contributed by atoms with Gasteiger partial charge in [-0.3, -0.25) is 4.90 Å². The molecule has 1 aliphatic rings. The van der Waals surface area contributed by atoms with Gasteiger partial charge in [0.05, 0.1) is 5.69 Å². The summed E-state index contributed by atoms with van der Waals surface area (Å²) in [5.41, 5.74) is 1.97. The number of nitrogens with zero attached hydrogens (tertiary/aromatic N) is 2. The van der Waals surface area contributed by atoms with Crippen molar-refractivity contribution in [1.82, 2.24) is 9.88 Å². The third-order valence-electron chi connectivity index (χ3n) is 3.44. The Kier molecular flexibility index (Phi) is 4.34. The van der Waals surface area contributed by atoms with Gasteiger partial charge in [-0.05, 0) is 25.1 Å². The molecule has 1 aromatic heterocycles. The first-order valence-electron chi connectivity index (χ1n) is 6.75. The summed E-state index contributed by atoms with van der Waals surface area (Å²) in [5, 5.41) is 0.702. The molecule has 1 aromatic carbocycles. The fraction of sp³-hybridized carbons (Fsp3) is 0.400. The highest BCUT2D eigenvalue weighted by Gasteiger charge is 2.16. The number of benzene rings is 1. The van der Waals surface area contributed by atoms with Crippen LogP contribution in [0, 0.1) is 6.92 Å². The number of thioether (sulfide) groups is 1. The smallest absolute Gasteiger partial charge is 0.226 e. The van der Waals surface area contributed by atoms with Gasteiger partial charge >= 0.3 is 0 Å². The van der Waals surface area contributed by atoms with Crippen LogP contribution in [0.2, 0.25) is 5.02 Å². The standard InChI is InChI=1S/C15H17ClN2OS/c1-11-14(10-18-5-7-20-8-6-18)17-15(19-11)12-3-2-4-13(16)9-12/h2-4,9H,5-8,10H2,1H3. The lowest BCUT2D eigenvalue weighted by Gasteiger charge is -2.25. The van der Waals surface area contributed by atoms with Crippen LogP contribution in [0.3, 0.4) is 0 Å². The van der Waals surface area contributed by atoms with Gasteiger partial charge in [-0.15, -0.1) is 0 Å². The van der Waals surface area contributed by atoms with E-state index in [0.29, 0.717) is 10.9 Å². The second-order valence-electron chi connectivity index (χ2n) is 4.92. The number of halogens is 1. The average molecular weight is 309 g/mol. The van der Waals surface area contributed by atoms with E-state index in [2.05, 4.69) is 9.88 Å². The number of hydrogen-bond acceptors (Lipinski definition) is 4. The first-order valence-corrected chi connectivity index (χ1v) is 8.28. The van der Waals surface area contributed by atoms with E-state index in [9.17, 15) is 0 Å². The molecule has 0 unspecified atom stereocenters. The summed E-state index contributed by atoms with van der Waals surface area (Å²) in [4.78, 5) is 7.08. The lowest BCUT2D eigenvalue weighted by atomic mass is 10.2. The van der Waals surface area contributed by atoms with Crippen LogP contribution < -0.4 is 0 Å². The highest BCUT2D eigenvalue weighted by atomic mass is 35.5. The molecule has 0 atom stereocenters. The quantitative estimate of drug-likeness (QED) is 0.861. The minimum Gasteiger partial charge on any atom is -0.441 e. The predicted octanol–water partition coefficient (Wildman–Crippen LogP) is 3.85. The van der Waals surface area contributed by atoms with Crippen LogP contribution in [-0.4, -0.2) is 34.5 Å². The molecule has 0 bridgehead atoms. The van der Waals surface area contributed by atoms with Crippen molar-refractivity contribution in [3.05, 3.63) is 40.7 Å². The van der Waals surface area contributed by atoms with Gasteiger partial charge in [0, 0.05) is 41.7 Å². The van der Waals surface area contributed by atoms with Crippen molar-refractivity contribution in [3.63, 3.8) is 0 Å². The summed E-state index contributed by atoms with van der Waals surface area (Å²) in [7, 11) is 0. The average Bonchev–Trinajstić information content (AvgIpc) is 2.81. The highest BCUT2D eigenvalue weighted by Crippen LogP contribution is 2.25. The van der Waals surface area contributed by atoms with Crippen molar-refractivity contribution in [2.24, 2.45) is 0 Å². The number of rotatable bonds is 3. The minimum atomic E-state index is 0.659. The van der Waals surface area contributed by atoms with E-state index in [1.165, 1.54) is 11.5 Å². The Hall–Kier alpha value is -0.970. The van der Waals surface area contributed by atoms with E-state index in [1.807, 2.05) is 43.0 Å². The molecule has 0 N–H and O–H groups in total. The minimum absolute atomic E-state index is 0.659. The topological polar surface area (TPSA) is 29.3 Å². The van der Waals surface area contributed by atoms with Crippen LogP contribution in [0.1, 0.15) is 11.5 Å². The summed E-state index contributed by atoms with van der Waals surface area (Å²) in [6.07, 6.45) is 0. The molecule has 5 heteroatoms. The SMILES string of the molecule is Cc1oc(-c2cccc(Cl)c2)nc1CN1CCSCC1. The van der Waals surface area contributed by atoms with E-state index in [0.717, 1.165) is 36.7 Å². The largest absolute Gasteiger partial charge is 0.441 e. The lowest BCUT2D eigenvalue weighted by Crippen LogP contribution is -2.32. The maximum absolute atomic E-state index is 6.02. The Labute approximate surface area is 128 Å². The van der Waals surface area contributed by atoms with Gasteiger partial charge in [-0.2, -0.15) is 11.8 Å². The molecule has 2 heterocycles. The Morgan fingerprint density at radius 1 is 1.35 bits per heavy atom. The molecule has 106 valence electrons. The molecule has 3 rings (SSSR count). The third-order valence-corrected chi connectivity index (χ3v) is 4.62. The second-order valence-corrected chi connectivity index (χ2v) is 6.58. The van der Waals surface area contributed by atoms with Crippen LogP contribution >= 0.6 is 23.4 Å². The van der Waals surface area contributed by atoms with E-state index < -0.39 is 0 Å². The van der Waals surface area contributed by atoms with E-state index in [4.69, 9.17) is 16.0 Å². The van der Waals surface area contributed by atoms with Crippen molar-refractivity contribution in [2.45, 2.75) is 13.5 Å². The van der Waals surface area contributed by atoms with Gasteiger partial charge in [0.15, 0.2) is 0 Å². The molecular formula is C15H17ClN2OS. The fourth-order valence-electron chi connectivity index (χ4n) is 2.29. The van der Waals surface area contributed by atoms with Crippen LogP contribution in [0.4, 0.5) is 0 Å². The predicted molar refractivity (Wildman–Crippen MR) is 84.3 cm³/mol. The van der Waals surface area contributed by atoms with Gasteiger partial charge in [0.25, 0.3) is 0 Å². The number of hydrogen-bond donors (Lipinski definition) is 0. The number of oxazole rings is 1. The van der Waals surface area contributed by atoms with Crippen LogP contribution in [0.15, 0.2) is 28.7 Å². The summed E-state index contributed by atoms with van der Waals surface area (Å²) in [6.45, 7) is 5.11. The monoisotopic (exact) mass is 308 g/mol. The van der Waals surface area contributed by atoms with E-state index in [-0.39, 0.29) is 0 Å². The Morgan fingerprint density at radius 3 is 2.90 bits per heavy atom. The first kappa shape index (κ1) is 14.0. The zero-order valence-corrected chi connectivity index (χ0v) is 13.0. The zero-order valence-electron chi connectivity index (χ0n) is 11.4. The molecular weight excluding hydrogens is 292 g/mol. The molecule has 0 radical (unpaired) electrons. The first-order chi connectivity index (χ1) is 9.72. The molecule has 3 nitrogen and oxygen atoms in total. The zero-order chi connectivity index (χ0) is 13.9. The van der Waals surface area contributed by atoms with E-state index in [1.54, 1.807) is 0 Å². The summed E-state index contributed by atoms with van der Waals surface area (Å²) in [6, 6.07) is 7.62. The van der Waals surface area contributed by atoms with Crippen molar-refractivity contribution >= 4 is 23.4 Å². The van der Waals surface area contributed by atoms with Crippen molar-refractivity contribution < 1.29 is 4.42 Å². The van der Waals surface area contributed by atoms with Gasteiger partial charge in [-0.25, -0.2) is 4.98 Å². The highest BCUT2D eigenvalue weighted by molar-refractivity contribution is 7.99. The molecule has 0 saturated carbocycles. The normalized spacial score (nSPS) is 16.5. The molecule has 0 aliphatic carbocycles. The molecule has 1 fully saturated rings. The molecule has 1 aliphatic heterocycles. The third kappa shape index (κ3) is 3.19. The van der Waals surface area contributed by atoms with Gasteiger partial charge in [-0.1, -0.05) is 17.7 Å². The van der Waals surface area contributed by atoms with Crippen molar-refractivity contribution in [2.75, 3.05) is 24.6 Å². The summed E-state index contributed by atoms with van der Waals surface area (Å²) in [5.74, 6) is 3.97. The van der Waals surface area contributed by atoms with E-state index >= 15 is 0 Å². The van der Waals surface area contributed by atoms with Crippen molar-refractivity contribution in [1.29, 1.82) is 0 Å². The number of aromatic nitrogens is 1. The van der Waals surface area contributed by atoms with Gasteiger partial charge in [0.2, 0.25) is 5.89 Å².